The van der Waals surface area contributed by atoms with Gasteiger partial charge < -0.3 is 4.57 Å². The van der Waals surface area contributed by atoms with E-state index >= 15 is 0 Å². The molecule has 1 heterocycles. The molecule has 0 amide bonds. The first-order valence-electron chi connectivity index (χ1n) is 5.27. The molecule has 2 rings (SSSR count). The van der Waals surface area contributed by atoms with Gasteiger partial charge >= 0.3 is 0 Å². The van der Waals surface area contributed by atoms with Crippen molar-refractivity contribution < 1.29 is 4.79 Å². The van der Waals surface area contributed by atoms with Gasteiger partial charge in [-0.05, 0) is 35.7 Å². The molecule has 0 spiro atoms. The third kappa shape index (κ3) is 3.24. The maximum Gasteiger partial charge on any atom is 0.186 e. The van der Waals surface area contributed by atoms with Gasteiger partial charge in [0.25, 0.3) is 0 Å². The highest BCUT2D eigenvalue weighted by atomic mass is 35.5. The minimum atomic E-state index is -0.0478. The summed E-state index contributed by atoms with van der Waals surface area (Å²) in [6.07, 6.45) is 5.11. The van der Waals surface area contributed by atoms with Crippen molar-refractivity contribution in [1.29, 1.82) is 0 Å². The molecule has 2 aromatic rings. The van der Waals surface area contributed by atoms with Crippen LogP contribution in [0.25, 0.3) is 0 Å². The second kappa shape index (κ2) is 5.89. The van der Waals surface area contributed by atoms with Crippen LogP contribution in [0.4, 0.5) is 0 Å². The molecule has 0 bridgehead atoms. The summed E-state index contributed by atoms with van der Waals surface area (Å²) < 4.78 is 1.89. The molecule has 0 atom stereocenters. The number of allylic oxidation sites excluding steroid dienone is 1. The van der Waals surface area contributed by atoms with Gasteiger partial charge in [0, 0.05) is 30.0 Å². The monoisotopic (exact) mass is 278 g/mol. The van der Waals surface area contributed by atoms with Crippen LogP contribution >= 0.6 is 23.4 Å². The molecule has 1 aromatic carbocycles. The largest absolute Gasteiger partial charge is 0.329 e. The number of nitrogens with zero attached hydrogens (tertiary/aromatic N) is 2. The zero-order valence-electron chi connectivity index (χ0n) is 9.71. The number of rotatable bonds is 4. The van der Waals surface area contributed by atoms with Crippen LogP contribution in [0.3, 0.4) is 0 Å². The van der Waals surface area contributed by atoms with Gasteiger partial charge in [-0.25, -0.2) is 4.98 Å². The molecule has 3 nitrogen and oxygen atoms in total. The summed E-state index contributed by atoms with van der Waals surface area (Å²) in [5, 5.41) is 3.20. The maximum atomic E-state index is 11.8. The molecule has 0 unspecified atom stereocenters. The first-order chi connectivity index (χ1) is 8.66. The summed E-state index contributed by atoms with van der Waals surface area (Å²) in [6.45, 7) is 0. The highest BCUT2D eigenvalue weighted by molar-refractivity contribution is 8.02. The fourth-order valence-electron chi connectivity index (χ4n) is 1.33. The number of aryl methyl sites for hydroxylation is 1. The van der Waals surface area contributed by atoms with Crippen molar-refractivity contribution in [1.82, 2.24) is 9.55 Å². The highest BCUT2D eigenvalue weighted by Gasteiger charge is 2.01. The van der Waals surface area contributed by atoms with Crippen LogP contribution in [0, 0.1) is 0 Å². The Morgan fingerprint density at radius 3 is 2.72 bits per heavy atom. The van der Waals surface area contributed by atoms with Gasteiger partial charge in [-0.15, -0.1) is 0 Å². The zero-order valence-corrected chi connectivity index (χ0v) is 11.3. The molecule has 5 heteroatoms. The lowest BCUT2D eigenvalue weighted by Crippen LogP contribution is -1.93. The predicted molar refractivity (Wildman–Crippen MR) is 74.0 cm³/mol. The number of hydrogen-bond donors (Lipinski definition) is 0. The Balaban J connectivity index is 1.99. The van der Waals surface area contributed by atoms with Gasteiger partial charge in [-0.2, -0.15) is 0 Å². The molecule has 0 radical (unpaired) electrons. The smallest absolute Gasteiger partial charge is 0.186 e. The van der Waals surface area contributed by atoms with Gasteiger partial charge in [0.1, 0.15) is 0 Å². The molecular weight excluding hydrogens is 268 g/mol. The molecular formula is C13H11ClN2OS. The Morgan fingerprint density at radius 2 is 2.11 bits per heavy atom. The molecule has 0 fully saturated rings. The minimum absolute atomic E-state index is 0.0478. The van der Waals surface area contributed by atoms with Gasteiger partial charge in [0.05, 0.1) is 0 Å². The van der Waals surface area contributed by atoms with E-state index < -0.39 is 0 Å². The normalized spacial score (nSPS) is 11.0. The van der Waals surface area contributed by atoms with E-state index in [0.29, 0.717) is 10.6 Å². The van der Waals surface area contributed by atoms with Gasteiger partial charge in [-0.3, -0.25) is 4.79 Å². The average molecular weight is 279 g/mol. The first kappa shape index (κ1) is 12.9. The Hall–Kier alpha value is -1.52. The standard InChI is InChI=1S/C13H11ClN2OS/c1-16-8-7-15-13(16)18-9-6-12(17)10-2-4-11(14)5-3-10/h2-9H,1H3. The zero-order chi connectivity index (χ0) is 13.0. The number of halogens is 1. The summed E-state index contributed by atoms with van der Waals surface area (Å²) in [5.74, 6) is -0.0478. The van der Waals surface area contributed by atoms with E-state index in [1.165, 1.54) is 17.8 Å². The van der Waals surface area contributed by atoms with E-state index in [1.54, 1.807) is 35.9 Å². The second-order valence-electron chi connectivity index (χ2n) is 3.61. The third-order valence-corrected chi connectivity index (χ3v) is 3.43. The highest BCUT2D eigenvalue weighted by Crippen LogP contribution is 2.16. The lowest BCUT2D eigenvalue weighted by molar-refractivity contribution is 0.104. The van der Waals surface area contributed by atoms with Crippen molar-refractivity contribution >= 4 is 29.1 Å². The van der Waals surface area contributed by atoms with Crippen LogP contribution in [-0.4, -0.2) is 15.3 Å². The van der Waals surface area contributed by atoms with Crippen LogP contribution in [0.2, 0.25) is 5.02 Å². The summed E-state index contributed by atoms with van der Waals surface area (Å²) >= 11 is 7.17. The van der Waals surface area contributed by atoms with Crippen molar-refractivity contribution in [2.45, 2.75) is 5.16 Å². The number of benzene rings is 1. The maximum absolute atomic E-state index is 11.8. The number of aromatic nitrogens is 2. The van der Waals surface area contributed by atoms with Crippen molar-refractivity contribution in [3.63, 3.8) is 0 Å². The molecule has 92 valence electrons. The second-order valence-corrected chi connectivity index (χ2v) is 4.92. The number of ketones is 1. The van der Waals surface area contributed by atoms with E-state index in [-0.39, 0.29) is 5.78 Å². The van der Waals surface area contributed by atoms with E-state index in [2.05, 4.69) is 4.98 Å². The van der Waals surface area contributed by atoms with Crippen molar-refractivity contribution in [3.05, 3.63) is 58.7 Å². The van der Waals surface area contributed by atoms with Gasteiger partial charge in [0.2, 0.25) is 0 Å². The minimum Gasteiger partial charge on any atom is -0.329 e. The summed E-state index contributed by atoms with van der Waals surface area (Å²) in [4.78, 5) is 15.9. The fraction of sp³-hybridized carbons (Fsp3) is 0.0769. The van der Waals surface area contributed by atoms with E-state index in [4.69, 9.17) is 11.6 Å². The Labute approximate surface area is 114 Å². The Morgan fingerprint density at radius 1 is 1.39 bits per heavy atom. The Kier molecular flexibility index (Phi) is 4.23. The van der Waals surface area contributed by atoms with Gasteiger partial charge in [-0.1, -0.05) is 23.4 Å². The molecule has 0 aliphatic heterocycles. The van der Waals surface area contributed by atoms with E-state index in [9.17, 15) is 4.79 Å². The van der Waals surface area contributed by atoms with Crippen LogP contribution in [0.15, 0.2) is 53.3 Å². The lowest BCUT2D eigenvalue weighted by Gasteiger charge is -1.97. The average Bonchev–Trinajstić information content (AvgIpc) is 2.76. The quantitative estimate of drug-likeness (QED) is 0.487. The predicted octanol–water partition coefficient (Wildman–Crippen LogP) is 3.56. The van der Waals surface area contributed by atoms with E-state index in [0.717, 1.165) is 5.16 Å². The topological polar surface area (TPSA) is 34.9 Å². The molecule has 18 heavy (non-hydrogen) atoms. The summed E-state index contributed by atoms with van der Waals surface area (Å²) in [5.41, 5.74) is 0.621. The fourth-order valence-corrected chi connectivity index (χ4v) is 2.12. The molecule has 0 saturated heterocycles. The van der Waals surface area contributed by atoms with Crippen LogP contribution in [0.5, 0.6) is 0 Å². The molecule has 0 aliphatic rings. The molecule has 1 aromatic heterocycles. The Bertz CT molecular complexity index is 575. The number of imidazole rings is 1. The number of carbonyl (C=O) groups is 1. The van der Waals surface area contributed by atoms with Crippen molar-refractivity contribution in [2.24, 2.45) is 7.05 Å². The molecule has 0 aliphatic carbocycles. The lowest BCUT2D eigenvalue weighted by atomic mass is 10.1. The first-order valence-corrected chi connectivity index (χ1v) is 6.53. The SMILES string of the molecule is Cn1ccnc1SC=CC(=O)c1ccc(Cl)cc1. The van der Waals surface area contributed by atoms with Crippen molar-refractivity contribution in [2.75, 3.05) is 0 Å². The van der Waals surface area contributed by atoms with Crippen LogP contribution in [-0.2, 0) is 7.05 Å². The van der Waals surface area contributed by atoms with Gasteiger partial charge in [0.15, 0.2) is 10.9 Å². The molecule has 0 saturated carbocycles. The number of carbonyl (C=O) groups excluding carboxylic acids is 1. The van der Waals surface area contributed by atoms with Crippen LogP contribution in [0.1, 0.15) is 10.4 Å². The van der Waals surface area contributed by atoms with Crippen LogP contribution < -0.4 is 0 Å². The third-order valence-electron chi connectivity index (χ3n) is 2.30. The summed E-state index contributed by atoms with van der Waals surface area (Å²) in [6, 6.07) is 6.82. The number of hydrogen-bond acceptors (Lipinski definition) is 3. The number of thioether (sulfide) groups is 1. The molecule has 0 N–H and O–H groups in total. The van der Waals surface area contributed by atoms with Crippen molar-refractivity contribution in [3.8, 4) is 0 Å². The van der Waals surface area contributed by atoms with E-state index in [1.807, 2.05) is 17.8 Å². The summed E-state index contributed by atoms with van der Waals surface area (Å²) in [7, 11) is 1.91.